The second-order valence-electron chi connectivity index (χ2n) is 9.73. The first-order valence-electron chi connectivity index (χ1n) is 12.3. The molecule has 1 saturated carbocycles. The van der Waals surface area contributed by atoms with Crippen LogP contribution in [0.2, 0.25) is 0 Å². The number of imidazole rings is 1. The molecule has 4 aromatic rings. The lowest BCUT2D eigenvalue weighted by Gasteiger charge is -2.33. The van der Waals surface area contributed by atoms with Crippen molar-refractivity contribution in [3.8, 4) is 11.1 Å². The number of rotatable bonds is 7. The van der Waals surface area contributed by atoms with E-state index in [2.05, 4.69) is 79.6 Å². The van der Waals surface area contributed by atoms with Gasteiger partial charge in [-0.05, 0) is 73.6 Å². The second-order valence-corrected chi connectivity index (χ2v) is 9.73. The van der Waals surface area contributed by atoms with Crippen molar-refractivity contribution in [3.05, 3.63) is 54.0 Å². The van der Waals surface area contributed by atoms with Gasteiger partial charge < -0.3 is 15.6 Å². The van der Waals surface area contributed by atoms with Gasteiger partial charge in [-0.2, -0.15) is 5.10 Å². The quantitative estimate of drug-likeness (QED) is 0.385. The summed E-state index contributed by atoms with van der Waals surface area (Å²) in [4.78, 5) is 15.3. The SMILES string of the molecule is Cc1cc2[nH]c(Nc3cc(C(C)N4CCNCC4)ccn3)nc2cc1-c1cnn(CC2CC2)c1. The highest BCUT2D eigenvalue weighted by atomic mass is 15.3. The van der Waals surface area contributed by atoms with E-state index in [1.54, 1.807) is 0 Å². The number of hydrogen-bond acceptors (Lipinski definition) is 6. The molecule has 176 valence electrons. The molecule has 8 heteroatoms. The Morgan fingerprint density at radius 3 is 2.85 bits per heavy atom. The summed E-state index contributed by atoms with van der Waals surface area (Å²) in [6.45, 7) is 9.65. The molecule has 0 amide bonds. The second kappa shape index (κ2) is 8.85. The number of benzene rings is 1. The van der Waals surface area contributed by atoms with Gasteiger partial charge in [0.05, 0.1) is 17.2 Å². The van der Waals surface area contributed by atoms with Crippen LogP contribution >= 0.6 is 0 Å². The number of nitrogens with one attached hydrogen (secondary N) is 3. The zero-order valence-corrected chi connectivity index (χ0v) is 19.9. The highest BCUT2D eigenvalue weighted by Crippen LogP contribution is 2.32. The Kier molecular flexibility index (Phi) is 5.55. The van der Waals surface area contributed by atoms with Crippen LogP contribution in [0.25, 0.3) is 22.2 Å². The molecule has 3 N–H and O–H groups in total. The Hall–Kier alpha value is -3.23. The van der Waals surface area contributed by atoms with Crippen molar-refractivity contribution in [1.29, 1.82) is 0 Å². The summed E-state index contributed by atoms with van der Waals surface area (Å²) in [6.07, 6.45) is 8.66. The van der Waals surface area contributed by atoms with Crippen LogP contribution in [-0.4, -0.2) is 55.8 Å². The minimum Gasteiger partial charge on any atom is -0.324 e. The van der Waals surface area contributed by atoms with Crippen molar-refractivity contribution in [2.75, 3.05) is 31.5 Å². The molecule has 1 aromatic carbocycles. The van der Waals surface area contributed by atoms with E-state index in [0.29, 0.717) is 12.0 Å². The summed E-state index contributed by atoms with van der Waals surface area (Å²) in [6, 6.07) is 8.91. The number of H-pyrrole nitrogens is 1. The van der Waals surface area contributed by atoms with Crippen LogP contribution < -0.4 is 10.6 Å². The smallest absolute Gasteiger partial charge is 0.206 e. The van der Waals surface area contributed by atoms with Gasteiger partial charge in [-0.1, -0.05) is 0 Å². The van der Waals surface area contributed by atoms with Gasteiger partial charge in [0.25, 0.3) is 0 Å². The first-order valence-corrected chi connectivity index (χ1v) is 12.3. The molecule has 1 unspecified atom stereocenters. The third kappa shape index (κ3) is 4.43. The molecular weight excluding hydrogens is 424 g/mol. The molecule has 2 fully saturated rings. The van der Waals surface area contributed by atoms with E-state index >= 15 is 0 Å². The molecule has 0 bridgehead atoms. The van der Waals surface area contributed by atoms with Crippen LogP contribution in [-0.2, 0) is 6.54 Å². The van der Waals surface area contributed by atoms with Gasteiger partial charge in [0.15, 0.2) is 0 Å². The normalized spacial score (nSPS) is 17.8. The maximum Gasteiger partial charge on any atom is 0.206 e. The number of anilines is 2. The van der Waals surface area contributed by atoms with Crippen LogP contribution in [0.1, 0.15) is 36.9 Å². The zero-order valence-electron chi connectivity index (χ0n) is 19.9. The first-order chi connectivity index (χ1) is 16.6. The Bertz CT molecular complexity index is 1300. The molecule has 1 atom stereocenters. The van der Waals surface area contributed by atoms with Crippen molar-refractivity contribution in [1.82, 2.24) is 34.9 Å². The Balaban J connectivity index is 1.22. The lowest BCUT2D eigenvalue weighted by Crippen LogP contribution is -2.44. The highest BCUT2D eigenvalue weighted by molar-refractivity contribution is 5.85. The molecule has 1 aliphatic heterocycles. The fourth-order valence-corrected chi connectivity index (χ4v) is 4.88. The van der Waals surface area contributed by atoms with Gasteiger partial charge in [-0.3, -0.25) is 9.58 Å². The Morgan fingerprint density at radius 1 is 1.18 bits per heavy atom. The lowest BCUT2D eigenvalue weighted by atomic mass is 10.0. The van der Waals surface area contributed by atoms with Gasteiger partial charge >= 0.3 is 0 Å². The first kappa shape index (κ1) is 21.3. The number of aryl methyl sites for hydroxylation is 1. The minimum atomic E-state index is 0.354. The average Bonchev–Trinajstić information content (AvgIpc) is 3.40. The number of piperazine rings is 1. The van der Waals surface area contributed by atoms with Gasteiger partial charge in [-0.15, -0.1) is 0 Å². The van der Waals surface area contributed by atoms with Crippen molar-refractivity contribution in [2.24, 2.45) is 5.92 Å². The summed E-state index contributed by atoms with van der Waals surface area (Å²) >= 11 is 0. The summed E-state index contributed by atoms with van der Waals surface area (Å²) < 4.78 is 2.08. The van der Waals surface area contributed by atoms with E-state index in [-0.39, 0.29) is 0 Å². The van der Waals surface area contributed by atoms with E-state index in [1.165, 1.54) is 29.5 Å². The third-order valence-electron chi connectivity index (χ3n) is 7.13. The van der Waals surface area contributed by atoms with Crippen LogP contribution in [0.5, 0.6) is 0 Å². The Morgan fingerprint density at radius 2 is 2.03 bits per heavy atom. The average molecular weight is 457 g/mol. The molecule has 34 heavy (non-hydrogen) atoms. The topological polar surface area (TPSA) is 86.7 Å². The van der Waals surface area contributed by atoms with Crippen molar-refractivity contribution in [3.63, 3.8) is 0 Å². The van der Waals surface area contributed by atoms with Crippen LogP contribution in [0.4, 0.5) is 11.8 Å². The number of pyridine rings is 1. The molecule has 2 aliphatic rings. The van der Waals surface area contributed by atoms with E-state index in [9.17, 15) is 0 Å². The fraction of sp³-hybridized carbons (Fsp3) is 0.423. The minimum absolute atomic E-state index is 0.354. The standard InChI is InChI=1S/C26H32N8/c1-17-11-23-24(13-22(17)21-14-29-34(16-21)15-19-3-4-19)31-26(30-23)32-25-12-20(5-6-28-25)18(2)33-9-7-27-8-10-33/h5-6,11-14,16,18-19,27H,3-4,7-10,15H2,1-2H3,(H2,28,30,31,32). The molecular formula is C26H32N8. The van der Waals surface area contributed by atoms with Gasteiger partial charge in [0.2, 0.25) is 5.95 Å². The van der Waals surface area contributed by atoms with Crippen LogP contribution in [0.15, 0.2) is 42.9 Å². The number of fused-ring (bicyclic) bond motifs is 1. The summed E-state index contributed by atoms with van der Waals surface area (Å²) in [5.74, 6) is 2.32. The molecule has 8 nitrogen and oxygen atoms in total. The van der Waals surface area contributed by atoms with E-state index < -0.39 is 0 Å². The maximum absolute atomic E-state index is 4.81. The molecule has 3 aromatic heterocycles. The predicted molar refractivity (Wildman–Crippen MR) is 135 cm³/mol. The van der Waals surface area contributed by atoms with E-state index in [1.807, 2.05) is 12.4 Å². The predicted octanol–water partition coefficient (Wildman–Crippen LogP) is 4.25. The monoisotopic (exact) mass is 456 g/mol. The van der Waals surface area contributed by atoms with Gasteiger partial charge in [0.1, 0.15) is 5.82 Å². The van der Waals surface area contributed by atoms with Crippen LogP contribution in [0, 0.1) is 12.8 Å². The largest absolute Gasteiger partial charge is 0.324 e. The number of hydrogen-bond donors (Lipinski definition) is 3. The molecule has 1 aliphatic carbocycles. The highest BCUT2D eigenvalue weighted by Gasteiger charge is 2.22. The summed E-state index contributed by atoms with van der Waals surface area (Å²) in [5.41, 5.74) is 6.74. The van der Waals surface area contributed by atoms with Gasteiger partial charge in [-0.25, -0.2) is 9.97 Å². The van der Waals surface area contributed by atoms with Crippen molar-refractivity contribution >= 4 is 22.8 Å². The van der Waals surface area contributed by atoms with E-state index in [4.69, 9.17) is 4.98 Å². The molecule has 1 saturated heterocycles. The summed E-state index contributed by atoms with van der Waals surface area (Å²) in [7, 11) is 0. The van der Waals surface area contributed by atoms with Crippen LogP contribution in [0.3, 0.4) is 0 Å². The number of nitrogens with zero attached hydrogens (tertiary/aromatic N) is 5. The summed E-state index contributed by atoms with van der Waals surface area (Å²) in [5, 5.41) is 11.4. The van der Waals surface area contributed by atoms with Crippen molar-refractivity contribution < 1.29 is 0 Å². The lowest BCUT2D eigenvalue weighted by molar-refractivity contribution is 0.185. The number of aromatic amines is 1. The van der Waals surface area contributed by atoms with Crippen molar-refractivity contribution in [2.45, 2.75) is 39.3 Å². The number of aromatic nitrogens is 5. The zero-order chi connectivity index (χ0) is 23.1. The Labute approximate surface area is 199 Å². The fourth-order valence-electron chi connectivity index (χ4n) is 4.88. The molecule has 4 heterocycles. The molecule has 6 rings (SSSR count). The molecule has 0 radical (unpaired) electrons. The van der Waals surface area contributed by atoms with Gasteiger partial charge in [0, 0.05) is 56.7 Å². The molecule has 0 spiro atoms. The third-order valence-corrected chi connectivity index (χ3v) is 7.13. The maximum atomic E-state index is 4.81. The van der Waals surface area contributed by atoms with E-state index in [0.717, 1.165) is 61.1 Å².